The van der Waals surface area contributed by atoms with Crippen LogP contribution in [0.2, 0.25) is 0 Å². The highest BCUT2D eigenvalue weighted by atomic mass is 16.5. The van der Waals surface area contributed by atoms with Crippen LogP contribution in [0.1, 0.15) is 32.6 Å². The fourth-order valence-electron chi connectivity index (χ4n) is 3.10. The second-order valence-electron chi connectivity index (χ2n) is 5.58. The molecule has 0 aromatic rings. The lowest BCUT2D eigenvalue weighted by atomic mass is 9.82. The predicted octanol–water partition coefficient (Wildman–Crippen LogP) is 0.966. The first kappa shape index (κ1) is 13.6. The number of hydrogen-bond donors (Lipinski definition) is 2. The van der Waals surface area contributed by atoms with E-state index in [1.807, 2.05) is 0 Å². The molecular formula is C13H24N2O3. The van der Waals surface area contributed by atoms with E-state index in [1.165, 1.54) is 0 Å². The van der Waals surface area contributed by atoms with Gasteiger partial charge in [0.25, 0.3) is 0 Å². The zero-order chi connectivity index (χ0) is 13.1. The van der Waals surface area contributed by atoms with Gasteiger partial charge >= 0.3 is 6.03 Å². The number of fused-ring (bicyclic) bond motifs is 1. The minimum Gasteiger partial charge on any atom is -0.392 e. The molecule has 4 unspecified atom stereocenters. The van der Waals surface area contributed by atoms with E-state index in [1.54, 1.807) is 18.9 Å². The highest BCUT2D eigenvalue weighted by Gasteiger charge is 2.38. The van der Waals surface area contributed by atoms with E-state index >= 15 is 0 Å². The molecule has 2 fully saturated rings. The molecule has 2 aliphatic rings. The van der Waals surface area contributed by atoms with Crippen molar-refractivity contribution < 1.29 is 14.6 Å². The number of nitrogens with one attached hydrogen (secondary N) is 1. The molecule has 1 saturated carbocycles. The van der Waals surface area contributed by atoms with Gasteiger partial charge in [0, 0.05) is 32.2 Å². The van der Waals surface area contributed by atoms with E-state index in [4.69, 9.17) is 4.74 Å². The third-order valence-corrected chi connectivity index (χ3v) is 3.97. The minimum atomic E-state index is -0.491. The number of urea groups is 1. The van der Waals surface area contributed by atoms with E-state index in [9.17, 15) is 9.90 Å². The van der Waals surface area contributed by atoms with Gasteiger partial charge in [0.15, 0.2) is 0 Å². The Kier molecular flexibility index (Phi) is 4.45. The summed E-state index contributed by atoms with van der Waals surface area (Å²) in [6.07, 6.45) is 4.18. The zero-order valence-electron chi connectivity index (χ0n) is 11.3. The fourth-order valence-corrected chi connectivity index (χ4v) is 3.10. The summed E-state index contributed by atoms with van der Waals surface area (Å²) in [7, 11) is 1.72. The van der Waals surface area contributed by atoms with Crippen LogP contribution in [0.25, 0.3) is 0 Å². The Morgan fingerprint density at radius 3 is 3.00 bits per heavy atom. The van der Waals surface area contributed by atoms with Crippen LogP contribution in [0.5, 0.6) is 0 Å². The maximum absolute atomic E-state index is 12.0. The molecular weight excluding hydrogens is 232 g/mol. The summed E-state index contributed by atoms with van der Waals surface area (Å²) in [6.45, 7) is 2.87. The van der Waals surface area contributed by atoms with Crippen LogP contribution in [0.3, 0.4) is 0 Å². The van der Waals surface area contributed by atoms with Crippen molar-refractivity contribution in [1.82, 2.24) is 10.2 Å². The van der Waals surface area contributed by atoms with Gasteiger partial charge in [-0.3, -0.25) is 0 Å². The van der Waals surface area contributed by atoms with Gasteiger partial charge in [-0.15, -0.1) is 0 Å². The number of nitrogens with zero attached hydrogens (tertiary/aromatic N) is 1. The summed E-state index contributed by atoms with van der Waals surface area (Å²) in [4.78, 5) is 13.5. The first-order valence-electron chi connectivity index (χ1n) is 6.89. The minimum absolute atomic E-state index is 0.0894. The van der Waals surface area contributed by atoms with Crippen LogP contribution in [-0.4, -0.2) is 54.5 Å². The lowest BCUT2D eigenvalue weighted by molar-refractivity contribution is 0.0535. The van der Waals surface area contributed by atoms with Crippen molar-refractivity contribution in [2.24, 2.45) is 5.92 Å². The van der Waals surface area contributed by atoms with Crippen LogP contribution in [-0.2, 0) is 4.74 Å². The maximum atomic E-state index is 12.0. The average Bonchev–Trinajstić information content (AvgIpc) is 2.77. The molecule has 0 spiro atoms. The molecule has 1 saturated heterocycles. The molecule has 4 atom stereocenters. The van der Waals surface area contributed by atoms with Gasteiger partial charge in [0.1, 0.15) is 0 Å². The quantitative estimate of drug-likeness (QED) is 0.791. The van der Waals surface area contributed by atoms with Crippen molar-refractivity contribution in [3.63, 3.8) is 0 Å². The van der Waals surface area contributed by atoms with Crippen molar-refractivity contribution >= 4 is 6.03 Å². The molecule has 5 nitrogen and oxygen atoms in total. The van der Waals surface area contributed by atoms with Crippen LogP contribution < -0.4 is 5.32 Å². The molecule has 2 N–H and O–H groups in total. The first-order chi connectivity index (χ1) is 8.58. The maximum Gasteiger partial charge on any atom is 0.317 e. The summed E-state index contributed by atoms with van der Waals surface area (Å²) in [5.41, 5.74) is 0. The van der Waals surface area contributed by atoms with E-state index in [0.29, 0.717) is 18.6 Å². The largest absolute Gasteiger partial charge is 0.392 e. The Balaban J connectivity index is 1.86. The normalized spacial score (nSPS) is 32.7. The van der Waals surface area contributed by atoms with Crippen molar-refractivity contribution in [1.29, 1.82) is 0 Å². The number of rotatable bonds is 3. The molecule has 1 heterocycles. The lowest BCUT2D eigenvalue weighted by Crippen LogP contribution is -2.50. The van der Waals surface area contributed by atoms with Gasteiger partial charge in [0.05, 0.1) is 12.2 Å². The molecule has 104 valence electrons. The molecule has 2 amide bonds. The number of hydrogen-bond acceptors (Lipinski definition) is 3. The Morgan fingerprint density at radius 1 is 1.50 bits per heavy atom. The predicted molar refractivity (Wildman–Crippen MR) is 68.3 cm³/mol. The van der Waals surface area contributed by atoms with E-state index in [0.717, 1.165) is 32.3 Å². The Bertz CT molecular complexity index is 296. The third-order valence-electron chi connectivity index (χ3n) is 3.97. The number of amides is 2. The summed E-state index contributed by atoms with van der Waals surface area (Å²) < 4.78 is 5.69. The highest BCUT2D eigenvalue weighted by molar-refractivity contribution is 5.74. The number of ether oxygens (including phenoxy) is 1. The molecule has 0 aromatic carbocycles. The van der Waals surface area contributed by atoms with E-state index < -0.39 is 6.10 Å². The molecule has 1 aliphatic heterocycles. The molecule has 5 heteroatoms. The number of likely N-dealkylation sites (N-methyl/N-ethyl adjacent to an activating group) is 1. The van der Waals surface area contributed by atoms with Gasteiger partial charge in [-0.25, -0.2) is 4.79 Å². The number of carbonyl (C=O) groups is 1. The number of carbonyl (C=O) groups excluding carboxylic acids is 1. The van der Waals surface area contributed by atoms with Gasteiger partial charge in [-0.2, -0.15) is 0 Å². The van der Waals surface area contributed by atoms with Crippen molar-refractivity contribution in [3.8, 4) is 0 Å². The molecule has 1 aliphatic carbocycles. The topological polar surface area (TPSA) is 61.8 Å². The standard InChI is InChI=1S/C13H24N2O3/c1-9(16)8-15(2)13(17)14-11-4-3-5-12-10(11)6-7-18-12/h9-12,16H,3-8H2,1-2H3,(H,14,17). The van der Waals surface area contributed by atoms with Crippen LogP contribution in [0.15, 0.2) is 0 Å². The second kappa shape index (κ2) is 5.89. The van der Waals surface area contributed by atoms with Crippen LogP contribution in [0.4, 0.5) is 4.79 Å². The van der Waals surface area contributed by atoms with Gasteiger partial charge in [-0.1, -0.05) is 0 Å². The van der Waals surface area contributed by atoms with Gasteiger partial charge in [-0.05, 0) is 32.6 Å². The van der Waals surface area contributed by atoms with Gasteiger partial charge < -0.3 is 20.1 Å². The zero-order valence-corrected chi connectivity index (χ0v) is 11.3. The molecule has 2 rings (SSSR count). The Labute approximate surface area is 108 Å². The van der Waals surface area contributed by atoms with Crippen molar-refractivity contribution in [2.45, 2.75) is 50.9 Å². The summed E-state index contributed by atoms with van der Waals surface area (Å²) in [5.74, 6) is 0.475. The van der Waals surface area contributed by atoms with Gasteiger partial charge in [0.2, 0.25) is 0 Å². The Hall–Kier alpha value is -0.810. The SMILES string of the molecule is CC(O)CN(C)C(=O)NC1CCCC2OCCC12. The monoisotopic (exact) mass is 256 g/mol. The van der Waals surface area contributed by atoms with Crippen molar-refractivity contribution in [2.75, 3.05) is 20.2 Å². The second-order valence-corrected chi connectivity index (χ2v) is 5.58. The van der Waals surface area contributed by atoms with E-state index in [-0.39, 0.29) is 12.1 Å². The number of aliphatic hydroxyl groups is 1. The molecule has 18 heavy (non-hydrogen) atoms. The average molecular weight is 256 g/mol. The molecule has 0 aromatic heterocycles. The Morgan fingerprint density at radius 2 is 2.28 bits per heavy atom. The smallest absolute Gasteiger partial charge is 0.317 e. The van der Waals surface area contributed by atoms with Crippen molar-refractivity contribution in [3.05, 3.63) is 0 Å². The van der Waals surface area contributed by atoms with Crippen LogP contribution >= 0.6 is 0 Å². The summed E-state index contributed by atoms with van der Waals surface area (Å²) in [6, 6.07) is 0.142. The van der Waals surface area contributed by atoms with Crippen LogP contribution in [0, 0.1) is 5.92 Å². The molecule has 0 radical (unpaired) electrons. The molecule has 0 bridgehead atoms. The lowest BCUT2D eigenvalue weighted by Gasteiger charge is -2.34. The third kappa shape index (κ3) is 3.14. The highest BCUT2D eigenvalue weighted by Crippen LogP contribution is 2.34. The summed E-state index contributed by atoms with van der Waals surface area (Å²) >= 11 is 0. The first-order valence-corrected chi connectivity index (χ1v) is 6.89. The number of aliphatic hydroxyl groups excluding tert-OH is 1. The summed E-state index contributed by atoms with van der Waals surface area (Å²) in [5, 5.41) is 12.4. The fraction of sp³-hybridized carbons (Fsp3) is 0.923. The van der Waals surface area contributed by atoms with E-state index in [2.05, 4.69) is 5.32 Å².